The Morgan fingerprint density at radius 2 is 1.95 bits per heavy atom. The lowest BCUT2D eigenvalue weighted by Gasteiger charge is -2.26. The molecule has 2 heterocycles. The van der Waals surface area contributed by atoms with E-state index in [1.165, 1.54) is 0 Å². The van der Waals surface area contributed by atoms with Gasteiger partial charge in [-0.05, 0) is 36.1 Å². The zero-order valence-corrected chi connectivity index (χ0v) is 12.6. The SMILES string of the molecule is NC(CC(=O)N1CCCC1c1ccncc1)c1ccccc1. The molecule has 1 amide bonds. The molecule has 1 saturated heterocycles. The van der Waals surface area contributed by atoms with Gasteiger partial charge in [0.25, 0.3) is 0 Å². The third-order valence-electron chi connectivity index (χ3n) is 4.29. The summed E-state index contributed by atoms with van der Waals surface area (Å²) in [4.78, 5) is 18.7. The molecule has 2 aromatic rings. The number of hydrogen-bond donors (Lipinski definition) is 1. The van der Waals surface area contributed by atoms with Gasteiger partial charge in [0.15, 0.2) is 0 Å². The van der Waals surface area contributed by atoms with Crippen molar-refractivity contribution in [1.29, 1.82) is 0 Å². The Balaban J connectivity index is 1.69. The van der Waals surface area contributed by atoms with E-state index < -0.39 is 0 Å². The minimum absolute atomic E-state index is 0.135. The standard InChI is InChI=1S/C18H21N3O/c19-16(14-5-2-1-3-6-14)13-18(22)21-12-4-7-17(21)15-8-10-20-11-9-15/h1-3,5-6,8-11,16-17H,4,7,12-13,19H2. The average molecular weight is 295 g/mol. The molecule has 1 aromatic carbocycles. The second-order valence-electron chi connectivity index (χ2n) is 5.75. The van der Waals surface area contributed by atoms with Gasteiger partial charge in [-0.15, -0.1) is 0 Å². The summed E-state index contributed by atoms with van der Waals surface area (Å²) in [6.45, 7) is 0.813. The van der Waals surface area contributed by atoms with Crippen LogP contribution in [0.25, 0.3) is 0 Å². The maximum Gasteiger partial charge on any atom is 0.224 e. The van der Waals surface area contributed by atoms with Crippen LogP contribution in [-0.4, -0.2) is 22.3 Å². The van der Waals surface area contributed by atoms with Crippen molar-refractivity contribution < 1.29 is 4.79 Å². The third kappa shape index (κ3) is 3.17. The molecule has 0 spiro atoms. The maximum absolute atomic E-state index is 12.6. The summed E-state index contributed by atoms with van der Waals surface area (Å²) in [6.07, 6.45) is 5.97. The van der Waals surface area contributed by atoms with E-state index in [1.54, 1.807) is 12.4 Å². The normalized spacial score (nSPS) is 19.1. The second-order valence-corrected chi connectivity index (χ2v) is 5.75. The van der Waals surface area contributed by atoms with Gasteiger partial charge >= 0.3 is 0 Å². The van der Waals surface area contributed by atoms with Gasteiger partial charge < -0.3 is 10.6 Å². The number of rotatable bonds is 4. The topological polar surface area (TPSA) is 59.2 Å². The van der Waals surface area contributed by atoms with Gasteiger partial charge in [-0.3, -0.25) is 9.78 Å². The van der Waals surface area contributed by atoms with Crippen LogP contribution in [0.3, 0.4) is 0 Å². The van der Waals surface area contributed by atoms with Crippen LogP contribution in [0, 0.1) is 0 Å². The van der Waals surface area contributed by atoms with Crippen LogP contribution in [0.1, 0.15) is 42.5 Å². The van der Waals surface area contributed by atoms with E-state index in [-0.39, 0.29) is 18.0 Å². The fourth-order valence-corrected chi connectivity index (χ4v) is 3.12. The molecule has 22 heavy (non-hydrogen) atoms. The zero-order valence-electron chi connectivity index (χ0n) is 12.6. The van der Waals surface area contributed by atoms with E-state index in [1.807, 2.05) is 47.4 Å². The number of hydrogen-bond acceptors (Lipinski definition) is 3. The minimum atomic E-state index is -0.243. The van der Waals surface area contributed by atoms with Crippen LogP contribution in [0.15, 0.2) is 54.9 Å². The summed E-state index contributed by atoms with van der Waals surface area (Å²) in [6, 6.07) is 13.7. The van der Waals surface area contributed by atoms with Crippen LogP contribution in [0.5, 0.6) is 0 Å². The number of aromatic nitrogens is 1. The molecule has 1 fully saturated rings. The largest absolute Gasteiger partial charge is 0.336 e. The monoisotopic (exact) mass is 295 g/mol. The number of amides is 1. The number of pyridine rings is 1. The first-order valence-corrected chi connectivity index (χ1v) is 7.75. The van der Waals surface area contributed by atoms with Crippen LogP contribution in [-0.2, 0) is 4.79 Å². The lowest BCUT2D eigenvalue weighted by atomic mass is 10.0. The van der Waals surface area contributed by atoms with Crippen LogP contribution in [0.2, 0.25) is 0 Å². The van der Waals surface area contributed by atoms with Crippen molar-refractivity contribution in [2.75, 3.05) is 6.54 Å². The number of likely N-dealkylation sites (tertiary alicyclic amines) is 1. The lowest BCUT2D eigenvalue weighted by molar-refractivity contribution is -0.132. The quantitative estimate of drug-likeness (QED) is 0.943. The zero-order chi connectivity index (χ0) is 15.4. The highest BCUT2D eigenvalue weighted by Gasteiger charge is 2.30. The molecule has 3 rings (SSSR count). The lowest BCUT2D eigenvalue weighted by Crippen LogP contribution is -2.33. The molecule has 0 bridgehead atoms. The third-order valence-corrected chi connectivity index (χ3v) is 4.29. The molecule has 2 atom stereocenters. The highest BCUT2D eigenvalue weighted by Crippen LogP contribution is 2.32. The molecule has 0 aliphatic carbocycles. The fourth-order valence-electron chi connectivity index (χ4n) is 3.12. The average Bonchev–Trinajstić information content (AvgIpc) is 3.06. The first-order valence-electron chi connectivity index (χ1n) is 7.75. The number of carbonyl (C=O) groups is 1. The Bertz CT molecular complexity index is 615. The molecule has 114 valence electrons. The van der Waals surface area contributed by atoms with Crippen LogP contribution in [0.4, 0.5) is 0 Å². The van der Waals surface area contributed by atoms with Gasteiger partial charge in [0, 0.05) is 31.4 Å². The predicted octanol–water partition coefficient (Wildman–Crippen LogP) is 2.84. The molecule has 2 N–H and O–H groups in total. The fraction of sp³-hybridized carbons (Fsp3) is 0.333. The van der Waals surface area contributed by atoms with E-state index in [4.69, 9.17) is 5.73 Å². The molecule has 0 radical (unpaired) electrons. The molecule has 2 unspecified atom stereocenters. The Kier molecular flexibility index (Phi) is 4.49. The van der Waals surface area contributed by atoms with Crippen molar-refractivity contribution in [2.45, 2.75) is 31.3 Å². The molecule has 0 saturated carbocycles. The molecule has 1 aromatic heterocycles. The first-order chi connectivity index (χ1) is 10.8. The molecule has 4 nitrogen and oxygen atoms in total. The smallest absolute Gasteiger partial charge is 0.224 e. The van der Waals surface area contributed by atoms with Crippen LogP contribution >= 0.6 is 0 Å². The summed E-state index contributed by atoms with van der Waals surface area (Å²) < 4.78 is 0. The van der Waals surface area contributed by atoms with Crippen molar-refractivity contribution in [1.82, 2.24) is 9.88 Å². The Morgan fingerprint density at radius 3 is 2.68 bits per heavy atom. The molecule has 1 aliphatic heterocycles. The van der Waals surface area contributed by atoms with E-state index in [2.05, 4.69) is 4.98 Å². The predicted molar refractivity (Wildman–Crippen MR) is 85.9 cm³/mol. The Hall–Kier alpha value is -2.20. The van der Waals surface area contributed by atoms with Gasteiger partial charge in [0.1, 0.15) is 0 Å². The molecular formula is C18H21N3O. The van der Waals surface area contributed by atoms with Crippen LogP contribution < -0.4 is 5.73 Å². The van der Waals surface area contributed by atoms with E-state index in [9.17, 15) is 4.79 Å². The minimum Gasteiger partial charge on any atom is -0.336 e. The highest BCUT2D eigenvalue weighted by molar-refractivity contribution is 5.78. The van der Waals surface area contributed by atoms with E-state index in [0.717, 1.165) is 30.5 Å². The van der Waals surface area contributed by atoms with Crippen molar-refractivity contribution in [3.8, 4) is 0 Å². The molecular weight excluding hydrogens is 274 g/mol. The van der Waals surface area contributed by atoms with Crippen molar-refractivity contribution in [3.63, 3.8) is 0 Å². The van der Waals surface area contributed by atoms with Crippen molar-refractivity contribution in [3.05, 3.63) is 66.0 Å². The number of nitrogens with zero attached hydrogens (tertiary/aromatic N) is 2. The summed E-state index contributed by atoms with van der Waals surface area (Å²) in [5.41, 5.74) is 8.36. The number of carbonyl (C=O) groups excluding carboxylic acids is 1. The van der Waals surface area contributed by atoms with Gasteiger partial charge in [0.05, 0.1) is 6.04 Å². The number of nitrogens with two attached hydrogens (primary N) is 1. The Labute approximate surface area is 131 Å². The van der Waals surface area contributed by atoms with Crippen molar-refractivity contribution in [2.24, 2.45) is 5.73 Å². The highest BCUT2D eigenvalue weighted by atomic mass is 16.2. The molecule has 4 heteroatoms. The summed E-state index contributed by atoms with van der Waals surface area (Å²) >= 11 is 0. The van der Waals surface area contributed by atoms with Gasteiger partial charge in [-0.25, -0.2) is 0 Å². The summed E-state index contributed by atoms with van der Waals surface area (Å²) in [7, 11) is 0. The first kappa shape index (κ1) is 14.7. The van der Waals surface area contributed by atoms with Gasteiger partial charge in [-0.2, -0.15) is 0 Å². The van der Waals surface area contributed by atoms with Gasteiger partial charge in [-0.1, -0.05) is 30.3 Å². The van der Waals surface area contributed by atoms with E-state index >= 15 is 0 Å². The number of benzene rings is 1. The van der Waals surface area contributed by atoms with Gasteiger partial charge in [0.2, 0.25) is 5.91 Å². The Morgan fingerprint density at radius 1 is 1.23 bits per heavy atom. The summed E-state index contributed by atoms with van der Waals surface area (Å²) in [5, 5.41) is 0. The van der Waals surface area contributed by atoms with E-state index in [0.29, 0.717) is 6.42 Å². The maximum atomic E-state index is 12.6. The molecule has 1 aliphatic rings. The summed E-state index contributed by atoms with van der Waals surface area (Å²) in [5.74, 6) is 0.135. The second kappa shape index (κ2) is 6.71. The van der Waals surface area contributed by atoms with Crippen molar-refractivity contribution >= 4 is 5.91 Å².